The average molecular weight is 463 g/mol. The van der Waals surface area contributed by atoms with E-state index >= 15 is 0 Å². The van der Waals surface area contributed by atoms with Crippen molar-refractivity contribution in [1.82, 2.24) is 10.2 Å². The lowest BCUT2D eigenvalue weighted by Gasteiger charge is -2.57. The molecule has 4 aliphatic rings. The maximum atomic E-state index is 6.12. The van der Waals surface area contributed by atoms with E-state index in [9.17, 15) is 0 Å². The highest BCUT2D eigenvalue weighted by molar-refractivity contribution is 14.0. The van der Waals surface area contributed by atoms with Crippen LogP contribution in [0.1, 0.15) is 45.4 Å². The minimum atomic E-state index is 0. The summed E-state index contributed by atoms with van der Waals surface area (Å²) < 4.78 is 11.7. The molecule has 2 saturated heterocycles. The molecule has 2 aliphatic heterocycles. The fourth-order valence-corrected chi connectivity index (χ4v) is 5.67. The SMILES string of the molecule is CCN=C(NC1C2CCOC2C12CCCC2)N(C)CC1CCOC1.I. The van der Waals surface area contributed by atoms with Crippen molar-refractivity contribution in [2.45, 2.75) is 57.6 Å². The number of fused-ring (bicyclic) bond motifs is 2. The molecule has 25 heavy (non-hydrogen) atoms. The zero-order valence-electron chi connectivity index (χ0n) is 15.7. The number of ether oxygens (including phenoxy) is 2. The first-order valence-corrected chi connectivity index (χ1v) is 9.96. The molecule has 1 N–H and O–H groups in total. The third-order valence-electron chi connectivity index (χ3n) is 6.80. The Kier molecular flexibility index (Phi) is 6.53. The summed E-state index contributed by atoms with van der Waals surface area (Å²) in [6.07, 6.45) is 8.27. The second-order valence-electron chi connectivity index (χ2n) is 8.21. The van der Waals surface area contributed by atoms with Gasteiger partial charge in [-0.05, 0) is 32.6 Å². The molecule has 1 spiro atoms. The molecule has 0 aromatic rings. The Bertz CT molecular complexity index is 475. The van der Waals surface area contributed by atoms with Gasteiger partial charge in [0, 0.05) is 56.6 Å². The molecule has 4 rings (SSSR count). The van der Waals surface area contributed by atoms with E-state index < -0.39 is 0 Å². The molecule has 5 nitrogen and oxygen atoms in total. The van der Waals surface area contributed by atoms with E-state index in [4.69, 9.17) is 14.5 Å². The molecule has 0 bridgehead atoms. The molecule has 6 heteroatoms. The quantitative estimate of drug-likeness (QED) is 0.396. The topological polar surface area (TPSA) is 46.1 Å². The molecule has 4 fully saturated rings. The molecule has 2 heterocycles. The molecule has 4 unspecified atom stereocenters. The summed E-state index contributed by atoms with van der Waals surface area (Å²) in [7, 11) is 2.18. The van der Waals surface area contributed by atoms with Crippen LogP contribution in [0.25, 0.3) is 0 Å². The summed E-state index contributed by atoms with van der Waals surface area (Å²) in [5.41, 5.74) is 0.382. The van der Waals surface area contributed by atoms with Gasteiger partial charge >= 0.3 is 0 Å². The number of hydrogen-bond donors (Lipinski definition) is 1. The molecule has 0 amide bonds. The van der Waals surface area contributed by atoms with Gasteiger partial charge in [-0.3, -0.25) is 4.99 Å². The number of nitrogens with zero attached hydrogens (tertiary/aromatic N) is 2. The highest BCUT2D eigenvalue weighted by Crippen LogP contribution is 2.60. The summed E-state index contributed by atoms with van der Waals surface area (Å²) in [5, 5.41) is 3.89. The summed E-state index contributed by atoms with van der Waals surface area (Å²) >= 11 is 0. The Hall–Kier alpha value is -0.0800. The highest BCUT2D eigenvalue weighted by atomic mass is 127. The van der Waals surface area contributed by atoms with Crippen molar-refractivity contribution >= 4 is 29.9 Å². The second kappa shape index (κ2) is 8.30. The van der Waals surface area contributed by atoms with Crippen LogP contribution in [0.2, 0.25) is 0 Å². The summed E-state index contributed by atoms with van der Waals surface area (Å²) in [6.45, 7) is 6.76. The number of aliphatic imine (C=N–C) groups is 1. The molecular formula is C19H34IN3O2. The molecular weight excluding hydrogens is 429 g/mol. The Morgan fingerprint density at radius 1 is 1.24 bits per heavy atom. The van der Waals surface area contributed by atoms with Crippen LogP contribution in [0.15, 0.2) is 4.99 Å². The maximum absolute atomic E-state index is 6.12. The Labute approximate surface area is 169 Å². The van der Waals surface area contributed by atoms with Crippen LogP contribution in [-0.4, -0.2) is 63.0 Å². The van der Waals surface area contributed by atoms with Gasteiger partial charge in [0.05, 0.1) is 12.7 Å². The average Bonchev–Trinajstić information content (AvgIpc) is 3.30. The van der Waals surface area contributed by atoms with E-state index in [-0.39, 0.29) is 24.0 Å². The largest absolute Gasteiger partial charge is 0.381 e. The predicted molar refractivity (Wildman–Crippen MR) is 111 cm³/mol. The van der Waals surface area contributed by atoms with Gasteiger partial charge in [0.2, 0.25) is 0 Å². The van der Waals surface area contributed by atoms with Crippen LogP contribution in [0.3, 0.4) is 0 Å². The van der Waals surface area contributed by atoms with Crippen molar-refractivity contribution in [1.29, 1.82) is 0 Å². The smallest absolute Gasteiger partial charge is 0.193 e. The molecule has 0 radical (unpaired) electrons. The Morgan fingerprint density at radius 3 is 2.72 bits per heavy atom. The standard InChI is InChI=1S/C19H33N3O2.HI/c1-3-20-18(22(2)12-14-6-10-23-13-14)21-16-15-7-11-24-17(15)19(16)8-4-5-9-19;/h14-17H,3-13H2,1-2H3,(H,20,21);1H. The molecule has 2 saturated carbocycles. The van der Waals surface area contributed by atoms with E-state index in [0.29, 0.717) is 29.4 Å². The van der Waals surface area contributed by atoms with E-state index in [0.717, 1.165) is 38.9 Å². The first-order chi connectivity index (χ1) is 11.7. The van der Waals surface area contributed by atoms with Gasteiger partial charge in [0.15, 0.2) is 5.96 Å². The summed E-state index contributed by atoms with van der Waals surface area (Å²) in [6, 6.07) is 0.556. The third kappa shape index (κ3) is 3.55. The Morgan fingerprint density at radius 2 is 2.04 bits per heavy atom. The van der Waals surface area contributed by atoms with Crippen LogP contribution >= 0.6 is 24.0 Å². The minimum Gasteiger partial charge on any atom is -0.381 e. The number of guanidine groups is 1. The monoisotopic (exact) mass is 463 g/mol. The van der Waals surface area contributed by atoms with Crippen LogP contribution < -0.4 is 5.32 Å². The van der Waals surface area contributed by atoms with Crippen molar-refractivity contribution in [3.63, 3.8) is 0 Å². The van der Waals surface area contributed by atoms with Gasteiger partial charge in [-0.1, -0.05) is 12.8 Å². The fourth-order valence-electron chi connectivity index (χ4n) is 5.67. The van der Waals surface area contributed by atoms with Gasteiger partial charge in [-0.25, -0.2) is 0 Å². The lowest BCUT2D eigenvalue weighted by Crippen LogP contribution is -2.69. The van der Waals surface area contributed by atoms with Gasteiger partial charge < -0.3 is 19.7 Å². The fraction of sp³-hybridized carbons (Fsp3) is 0.947. The predicted octanol–water partition coefficient (Wildman–Crippen LogP) is 2.89. The zero-order chi connectivity index (χ0) is 16.6. The van der Waals surface area contributed by atoms with Crippen LogP contribution in [0, 0.1) is 17.3 Å². The third-order valence-corrected chi connectivity index (χ3v) is 6.80. The van der Waals surface area contributed by atoms with E-state index in [2.05, 4.69) is 24.2 Å². The van der Waals surface area contributed by atoms with Crippen LogP contribution in [0.5, 0.6) is 0 Å². The second-order valence-corrected chi connectivity index (χ2v) is 8.21. The van der Waals surface area contributed by atoms with Gasteiger partial charge in [-0.2, -0.15) is 0 Å². The molecule has 4 atom stereocenters. The number of rotatable bonds is 4. The Balaban J connectivity index is 0.00000182. The van der Waals surface area contributed by atoms with Crippen molar-refractivity contribution in [3.8, 4) is 0 Å². The van der Waals surface area contributed by atoms with Crippen LogP contribution in [0.4, 0.5) is 0 Å². The van der Waals surface area contributed by atoms with Gasteiger partial charge in [0.25, 0.3) is 0 Å². The summed E-state index contributed by atoms with van der Waals surface area (Å²) in [5.74, 6) is 2.42. The normalized spacial score (nSPS) is 36.0. The maximum Gasteiger partial charge on any atom is 0.193 e. The van der Waals surface area contributed by atoms with E-state index in [1.54, 1.807) is 0 Å². The minimum absolute atomic E-state index is 0. The molecule has 2 aliphatic carbocycles. The van der Waals surface area contributed by atoms with E-state index in [1.807, 2.05) is 0 Å². The van der Waals surface area contributed by atoms with Crippen molar-refractivity contribution in [2.24, 2.45) is 22.2 Å². The van der Waals surface area contributed by atoms with Crippen molar-refractivity contribution < 1.29 is 9.47 Å². The molecule has 0 aromatic heterocycles. The van der Waals surface area contributed by atoms with E-state index in [1.165, 1.54) is 38.5 Å². The first kappa shape index (κ1) is 19.7. The molecule has 144 valence electrons. The number of hydrogen-bond acceptors (Lipinski definition) is 3. The first-order valence-electron chi connectivity index (χ1n) is 9.96. The van der Waals surface area contributed by atoms with Crippen molar-refractivity contribution in [3.05, 3.63) is 0 Å². The molecule has 0 aromatic carbocycles. The number of halogens is 1. The number of nitrogens with one attached hydrogen (secondary N) is 1. The van der Waals surface area contributed by atoms with Gasteiger partial charge in [0.1, 0.15) is 0 Å². The highest BCUT2D eigenvalue weighted by Gasteiger charge is 2.65. The van der Waals surface area contributed by atoms with Gasteiger partial charge in [-0.15, -0.1) is 24.0 Å². The van der Waals surface area contributed by atoms with Crippen LogP contribution in [-0.2, 0) is 9.47 Å². The summed E-state index contributed by atoms with van der Waals surface area (Å²) in [4.78, 5) is 7.13. The lowest BCUT2D eigenvalue weighted by atomic mass is 9.54. The zero-order valence-corrected chi connectivity index (χ0v) is 18.0. The van der Waals surface area contributed by atoms with Crippen molar-refractivity contribution in [2.75, 3.05) is 40.0 Å². The lowest BCUT2D eigenvalue weighted by molar-refractivity contribution is -0.125.